The average Bonchev–Trinajstić information content (AvgIpc) is 1.56. The summed E-state index contributed by atoms with van der Waals surface area (Å²) in [4.78, 5) is 168. The van der Waals surface area contributed by atoms with E-state index in [0.29, 0.717) is 44.1 Å². The van der Waals surface area contributed by atoms with Crippen molar-refractivity contribution >= 4 is 76.6 Å². The Labute approximate surface area is 533 Å². The van der Waals surface area contributed by atoms with Crippen LogP contribution in [0.25, 0.3) is 0 Å². The van der Waals surface area contributed by atoms with E-state index in [0.717, 1.165) is 54.0 Å². The second-order valence-electron chi connectivity index (χ2n) is 26.9. The van der Waals surface area contributed by atoms with E-state index in [1.165, 1.54) is 72.9 Å². The fraction of sp³-hybridized carbons (Fsp3) is 0.734. The van der Waals surface area contributed by atoms with Gasteiger partial charge in [0.25, 0.3) is 0 Å². The lowest BCUT2D eigenvalue weighted by Gasteiger charge is -2.39. The number of halogens is 4. The number of aryl methyl sites for hydroxylation is 1. The summed E-state index contributed by atoms with van der Waals surface area (Å²) in [5.74, 6) is -7.22. The van der Waals surface area contributed by atoms with Gasteiger partial charge in [-0.1, -0.05) is 90.3 Å². The number of hydrogen-bond acceptors (Lipinski definition) is 11. The number of fused-ring (bicyclic) bond motifs is 1. The molecule has 0 bridgehead atoms. The van der Waals surface area contributed by atoms with Crippen molar-refractivity contribution in [1.82, 2.24) is 55.6 Å². The number of carbonyl (C=O) groups excluding carboxylic acids is 11. The third-order valence-corrected chi connectivity index (χ3v) is 19.1. The van der Waals surface area contributed by atoms with Crippen LogP contribution in [-0.4, -0.2) is 216 Å². The summed E-state index contributed by atoms with van der Waals surface area (Å²) in [6.45, 7) is 7.41. The zero-order chi connectivity index (χ0) is 66.7. The van der Waals surface area contributed by atoms with Crippen LogP contribution in [0.4, 0.5) is 13.2 Å². The number of nitrogens with zero attached hydrogens (tertiary/aromatic N) is 7. The monoisotopic (exact) mass is 1290 g/mol. The first-order chi connectivity index (χ1) is 42.2. The predicted octanol–water partition coefficient (Wildman–Crippen LogP) is 4.92. The largest absolute Gasteiger partial charge is 0.417 e. The van der Waals surface area contributed by atoms with Crippen LogP contribution < -0.4 is 21.3 Å². The van der Waals surface area contributed by atoms with Crippen LogP contribution in [0.3, 0.4) is 0 Å². The van der Waals surface area contributed by atoms with Crippen molar-refractivity contribution in [3.05, 3.63) is 34.3 Å². The van der Waals surface area contributed by atoms with E-state index in [9.17, 15) is 65.9 Å². The highest BCUT2D eigenvalue weighted by Crippen LogP contribution is 2.37. The Morgan fingerprint density at radius 1 is 0.622 bits per heavy atom. The van der Waals surface area contributed by atoms with Gasteiger partial charge in [0.1, 0.15) is 41.8 Å². The number of alkyl halides is 3. The Balaban J connectivity index is 1.34. The summed E-state index contributed by atoms with van der Waals surface area (Å²) in [6, 6.07) is -4.43. The summed E-state index contributed by atoms with van der Waals surface area (Å²) in [6.07, 6.45) is 4.06. The third-order valence-electron chi connectivity index (χ3n) is 18.8. The molecule has 0 radical (unpaired) electrons. The molecule has 502 valence electrons. The average molecular weight is 1290 g/mol. The van der Waals surface area contributed by atoms with E-state index < -0.39 is 155 Å². The Kier molecular flexibility index (Phi) is 25.5. The van der Waals surface area contributed by atoms with E-state index >= 15 is 0 Å². The number of nitrogens with one attached hydrogen (secondary N) is 4. The molecule has 1 aromatic carbocycles. The lowest BCUT2D eigenvalue weighted by atomic mass is 9.85. The molecule has 6 rings (SSSR count). The Bertz CT molecular complexity index is 2790. The molecule has 3 saturated carbocycles. The SMILES string of the molecule is CC(C)C[C@H]1C(=O)N[C@@H](C2CC2)C(=O)N(C)CC(=O)N(C)CC(=O)N(C)[C@@H](CCC2CCCCC2)C(=O)N(C)CC(=O)N[C@@H](CCc2ccc(C(F)(F)F)c(Cl)c2)C(=O)N2CCC[C@H]2C(=O)NC2(CCCC2)C(=O)N(C)[C@@H](C(C)C)C(=O)N[C@H](C)CC(=O)N1C. The van der Waals surface area contributed by atoms with E-state index in [1.54, 1.807) is 20.8 Å². The lowest BCUT2D eigenvalue weighted by molar-refractivity contribution is -0.149. The Morgan fingerprint density at radius 2 is 1.24 bits per heavy atom. The molecule has 0 unspecified atom stereocenters. The van der Waals surface area contributed by atoms with Crippen molar-refractivity contribution in [2.45, 2.75) is 211 Å². The second-order valence-corrected chi connectivity index (χ2v) is 27.3. The molecule has 2 heterocycles. The molecule has 5 aliphatic rings. The van der Waals surface area contributed by atoms with Crippen LogP contribution in [0.1, 0.15) is 161 Å². The van der Waals surface area contributed by atoms with Crippen LogP contribution in [-0.2, 0) is 65.3 Å². The van der Waals surface area contributed by atoms with Crippen molar-refractivity contribution in [2.24, 2.45) is 23.7 Å². The maximum Gasteiger partial charge on any atom is 0.417 e. The normalized spacial score (nSPS) is 26.8. The molecule has 3 aliphatic carbocycles. The molecule has 22 nitrogen and oxygen atoms in total. The molecule has 1 aromatic rings. The van der Waals surface area contributed by atoms with Crippen LogP contribution in [0, 0.1) is 23.7 Å². The van der Waals surface area contributed by atoms with Gasteiger partial charge in [-0.3, -0.25) is 52.7 Å². The van der Waals surface area contributed by atoms with Gasteiger partial charge in [-0.25, -0.2) is 0 Å². The molecule has 0 aromatic heterocycles. The zero-order valence-corrected chi connectivity index (χ0v) is 55.2. The minimum atomic E-state index is -4.74. The summed E-state index contributed by atoms with van der Waals surface area (Å²) >= 11 is 6.11. The summed E-state index contributed by atoms with van der Waals surface area (Å²) < 4.78 is 41.3. The van der Waals surface area contributed by atoms with E-state index in [2.05, 4.69) is 21.3 Å². The topological polar surface area (TPSA) is 259 Å². The van der Waals surface area contributed by atoms with Gasteiger partial charge >= 0.3 is 6.18 Å². The van der Waals surface area contributed by atoms with Crippen molar-refractivity contribution in [3.63, 3.8) is 0 Å². The van der Waals surface area contributed by atoms with Gasteiger partial charge in [0.2, 0.25) is 65.0 Å². The van der Waals surface area contributed by atoms with E-state index in [-0.39, 0.29) is 75.7 Å². The van der Waals surface area contributed by atoms with E-state index in [1.807, 2.05) is 13.8 Å². The molecular weight excluding hydrogens is 1190 g/mol. The molecule has 90 heavy (non-hydrogen) atoms. The molecular formula is C64H97ClF3N11O11. The van der Waals surface area contributed by atoms with Crippen LogP contribution in [0.2, 0.25) is 5.02 Å². The standard InChI is InChI=1S/C64H97ClF3N11O11/c1-38(2)32-49-56(84)71-54(43-24-25-43)61(89)75(8)36-52(82)73(6)37-53(83)76(9)48(28-23-41-18-13-12-14-19-41)60(88)74(7)35-50(80)70-46(27-22-42-21-26-44(45(65)34-42)64(66,67)68)59(87)79-31-17-20-47(79)57(85)72-63(29-15-16-30-63)62(90)78(11)55(39(3)4)58(86)69-40(5)33-51(81)77(49)10/h21,26,34,38-41,43,46-49,54-55H,12-20,22-25,27-33,35-37H2,1-11H3,(H,69,86)(H,70,80)(H,71,84)(H,72,85)/t40-,46+,47+,48+,49+,54+,55+/m1/s1. The molecule has 4 N–H and O–H groups in total. The van der Waals surface area contributed by atoms with Gasteiger partial charge in [0, 0.05) is 61.3 Å². The zero-order valence-electron chi connectivity index (χ0n) is 54.5. The summed E-state index contributed by atoms with van der Waals surface area (Å²) in [5, 5.41) is 11.0. The quantitative estimate of drug-likeness (QED) is 0.245. The van der Waals surface area contributed by atoms with Crippen molar-refractivity contribution in [3.8, 4) is 0 Å². The van der Waals surface area contributed by atoms with Gasteiger partial charge in [-0.15, -0.1) is 0 Å². The first kappa shape index (κ1) is 72.5. The summed E-state index contributed by atoms with van der Waals surface area (Å²) in [5.41, 5.74) is -2.24. The Morgan fingerprint density at radius 3 is 1.84 bits per heavy atom. The molecule has 2 aliphatic heterocycles. The first-order valence-electron chi connectivity index (χ1n) is 32.2. The van der Waals surface area contributed by atoms with Crippen LogP contribution in [0.5, 0.6) is 0 Å². The fourth-order valence-electron chi connectivity index (χ4n) is 13.4. The minimum Gasteiger partial charge on any atom is -0.351 e. The smallest absolute Gasteiger partial charge is 0.351 e. The maximum atomic E-state index is 15.0. The second kappa shape index (κ2) is 31.7. The van der Waals surface area contributed by atoms with E-state index in [4.69, 9.17) is 11.6 Å². The Hall–Kier alpha value is -6.53. The van der Waals surface area contributed by atoms with Crippen molar-refractivity contribution < 1.29 is 65.9 Å². The number of likely N-dealkylation sites (N-methyl/N-ethyl adjacent to an activating group) is 6. The van der Waals surface area contributed by atoms with Crippen LogP contribution >= 0.6 is 11.6 Å². The maximum absolute atomic E-state index is 15.0. The number of carbonyl (C=O) groups is 11. The fourth-order valence-corrected chi connectivity index (χ4v) is 13.7. The molecule has 7 atom stereocenters. The minimum absolute atomic E-state index is 0.0613. The first-order valence-corrected chi connectivity index (χ1v) is 32.5. The molecule has 1 spiro atoms. The number of hydrogen-bond donors (Lipinski definition) is 4. The number of amides is 11. The lowest BCUT2D eigenvalue weighted by Crippen LogP contribution is -2.64. The molecule has 26 heteroatoms. The van der Waals surface area contributed by atoms with Crippen molar-refractivity contribution in [2.75, 3.05) is 68.5 Å². The third kappa shape index (κ3) is 18.8. The highest BCUT2D eigenvalue weighted by atomic mass is 35.5. The van der Waals surface area contributed by atoms with Gasteiger partial charge in [-0.2, -0.15) is 13.2 Å². The van der Waals surface area contributed by atoms with Gasteiger partial charge in [0.05, 0.1) is 30.2 Å². The molecule has 5 fully saturated rings. The van der Waals surface area contributed by atoms with Gasteiger partial charge in [0.15, 0.2) is 0 Å². The van der Waals surface area contributed by atoms with Gasteiger partial charge in [-0.05, 0) is 119 Å². The van der Waals surface area contributed by atoms with Crippen LogP contribution in [0.15, 0.2) is 18.2 Å². The highest BCUT2D eigenvalue weighted by Gasteiger charge is 2.50. The number of rotatable bonds is 10. The van der Waals surface area contributed by atoms with Gasteiger partial charge < -0.3 is 55.6 Å². The summed E-state index contributed by atoms with van der Waals surface area (Å²) in [7, 11) is 8.58. The molecule has 11 amide bonds. The van der Waals surface area contributed by atoms with Crippen molar-refractivity contribution in [1.29, 1.82) is 0 Å². The molecule has 2 saturated heterocycles. The highest BCUT2D eigenvalue weighted by molar-refractivity contribution is 6.31. The predicted molar refractivity (Wildman–Crippen MR) is 330 cm³/mol. The number of benzene rings is 1.